The highest BCUT2D eigenvalue weighted by Gasteiger charge is 2.36. The predicted molar refractivity (Wildman–Crippen MR) is 266 cm³/mol. The number of hydrogen-bond acceptors (Lipinski definition) is 2. The standard InChI is InChI=1S/C59H51N3/c1-6-19-51-52-34-33-48(40-56(52)59(4,5)55(51)7-2)61(45-22-13-9-14-23-45)50-37-43(36-49(39-50)60(44-20-11-8-12-21-44)47-31-28-41(3)29-32-47)42-30-35-58-54(38-42)53-26-17-18-27-57(53)62(58)46-24-15-10-16-25-46/h6-7,9-11,13-40H,2,8,12H2,1,3-5H3/b19-6-. The van der Waals surface area contributed by atoms with E-state index in [1.807, 2.05) is 6.08 Å². The maximum absolute atomic E-state index is 4.27. The van der Waals surface area contributed by atoms with Gasteiger partial charge < -0.3 is 14.4 Å². The number of rotatable bonds is 10. The zero-order valence-electron chi connectivity index (χ0n) is 36.0. The molecule has 3 heteroatoms. The Morgan fingerprint density at radius 1 is 0.597 bits per heavy atom. The molecule has 0 atom stereocenters. The van der Waals surface area contributed by atoms with Crippen molar-refractivity contribution in [1.29, 1.82) is 0 Å². The van der Waals surface area contributed by atoms with Crippen molar-refractivity contribution in [3.05, 3.63) is 235 Å². The van der Waals surface area contributed by atoms with Gasteiger partial charge >= 0.3 is 0 Å². The molecule has 302 valence electrons. The van der Waals surface area contributed by atoms with Crippen molar-refractivity contribution >= 4 is 55.8 Å². The van der Waals surface area contributed by atoms with E-state index < -0.39 is 0 Å². The van der Waals surface area contributed by atoms with E-state index in [0.717, 1.165) is 58.1 Å². The first-order valence-electron chi connectivity index (χ1n) is 21.8. The molecule has 1 heterocycles. The van der Waals surface area contributed by atoms with Crippen LogP contribution in [0, 0.1) is 6.92 Å². The van der Waals surface area contributed by atoms with Crippen LogP contribution in [-0.2, 0) is 5.41 Å². The number of fused-ring (bicyclic) bond motifs is 4. The molecule has 0 saturated carbocycles. The van der Waals surface area contributed by atoms with E-state index in [0.29, 0.717) is 0 Å². The second-order valence-electron chi connectivity index (χ2n) is 17.0. The van der Waals surface area contributed by atoms with Gasteiger partial charge in [-0.05, 0) is 151 Å². The highest BCUT2D eigenvalue weighted by atomic mass is 15.2. The molecule has 0 aliphatic heterocycles. The summed E-state index contributed by atoms with van der Waals surface area (Å²) in [7, 11) is 0. The fourth-order valence-corrected chi connectivity index (χ4v) is 9.72. The number of nitrogens with zero attached hydrogens (tertiary/aromatic N) is 3. The van der Waals surface area contributed by atoms with Crippen LogP contribution in [0.25, 0.3) is 44.2 Å². The monoisotopic (exact) mass is 801 g/mol. The van der Waals surface area contributed by atoms with Gasteiger partial charge in [0.05, 0.1) is 11.0 Å². The van der Waals surface area contributed by atoms with Gasteiger partial charge in [0, 0.05) is 56.0 Å². The normalized spacial score (nSPS) is 14.4. The van der Waals surface area contributed by atoms with Crippen LogP contribution in [0.4, 0.5) is 28.4 Å². The van der Waals surface area contributed by atoms with Crippen LogP contribution in [0.5, 0.6) is 0 Å². The first-order valence-corrected chi connectivity index (χ1v) is 21.8. The summed E-state index contributed by atoms with van der Waals surface area (Å²) < 4.78 is 2.39. The lowest BCUT2D eigenvalue weighted by Crippen LogP contribution is -2.19. The first-order chi connectivity index (χ1) is 30.3. The molecule has 0 spiro atoms. The molecule has 2 aliphatic carbocycles. The quantitative estimate of drug-likeness (QED) is 0.136. The smallest absolute Gasteiger partial charge is 0.0541 e. The molecule has 0 saturated heterocycles. The lowest BCUT2D eigenvalue weighted by atomic mass is 9.81. The van der Waals surface area contributed by atoms with Crippen molar-refractivity contribution in [2.45, 2.75) is 46.0 Å². The van der Waals surface area contributed by atoms with Crippen molar-refractivity contribution < 1.29 is 0 Å². The summed E-state index contributed by atoms with van der Waals surface area (Å²) in [6.45, 7) is 13.2. The van der Waals surface area contributed by atoms with Crippen LogP contribution >= 0.6 is 0 Å². The van der Waals surface area contributed by atoms with Crippen LogP contribution in [0.2, 0.25) is 0 Å². The third-order valence-electron chi connectivity index (χ3n) is 12.7. The number of allylic oxidation sites excluding steroid dienone is 8. The average Bonchev–Trinajstić information content (AvgIpc) is 3.75. The van der Waals surface area contributed by atoms with Gasteiger partial charge in [-0.15, -0.1) is 0 Å². The second-order valence-corrected chi connectivity index (χ2v) is 17.0. The molecule has 8 aromatic rings. The van der Waals surface area contributed by atoms with Crippen LogP contribution in [-0.4, -0.2) is 4.57 Å². The molecule has 1 aromatic heterocycles. The van der Waals surface area contributed by atoms with Gasteiger partial charge in [-0.2, -0.15) is 0 Å². The number of para-hydroxylation sites is 3. The summed E-state index contributed by atoms with van der Waals surface area (Å²) in [5.41, 5.74) is 18.6. The molecule has 0 unspecified atom stereocenters. The van der Waals surface area contributed by atoms with Gasteiger partial charge in [0.15, 0.2) is 0 Å². The Morgan fingerprint density at radius 2 is 1.27 bits per heavy atom. The van der Waals surface area contributed by atoms with Gasteiger partial charge in [0.2, 0.25) is 0 Å². The number of anilines is 5. The third-order valence-corrected chi connectivity index (χ3v) is 12.7. The minimum absolute atomic E-state index is 0.215. The van der Waals surface area contributed by atoms with Crippen molar-refractivity contribution in [2.75, 3.05) is 9.80 Å². The largest absolute Gasteiger partial charge is 0.311 e. The van der Waals surface area contributed by atoms with E-state index in [1.165, 1.54) is 55.3 Å². The maximum atomic E-state index is 4.27. The van der Waals surface area contributed by atoms with Crippen LogP contribution in [0.1, 0.15) is 50.3 Å². The molecule has 7 aromatic carbocycles. The zero-order valence-corrected chi connectivity index (χ0v) is 36.0. The molecule has 10 rings (SSSR count). The number of benzene rings is 7. The van der Waals surface area contributed by atoms with E-state index in [2.05, 4.69) is 243 Å². The van der Waals surface area contributed by atoms with Crippen LogP contribution < -0.4 is 9.80 Å². The zero-order chi connectivity index (χ0) is 42.4. The Bertz CT molecular complexity index is 3120. The molecule has 0 radical (unpaired) electrons. The van der Waals surface area contributed by atoms with Crippen molar-refractivity contribution in [3.63, 3.8) is 0 Å². The molecular formula is C59H51N3. The fraction of sp³-hybridized carbons (Fsp3) is 0.119. The third kappa shape index (κ3) is 6.71. The number of aromatic nitrogens is 1. The number of hydrogen-bond donors (Lipinski definition) is 0. The Labute approximate surface area is 366 Å². The fourth-order valence-electron chi connectivity index (χ4n) is 9.72. The van der Waals surface area contributed by atoms with E-state index in [-0.39, 0.29) is 5.41 Å². The van der Waals surface area contributed by atoms with Gasteiger partial charge in [-0.3, -0.25) is 0 Å². The van der Waals surface area contributed by atoms with Crippen LogP contribution in [0.15, 0.2) is 218 Å². The van der Waals surface area contributed by atoms with Crippen LogP contribution in [0.3, 0.4) is 0 Å². The van der Waals surface area contributed by atoms with E-state index in [4.69, 9.17) is 0 Å². The van der Waals surface area contributed by atoms with E-state index in [1.54, 1.807) is 0 Å². The van der Waals surface area contributed by atoms with E-state index >= 15 is 0 Å². The SMILES string of the molecule is C=CC1=C(/C=C\C)c2ccc(N(c3ccccc3)c3cc(-c4ccc5c(c4)c4ccccc4n5-c4ccccc4)cc(N(C4=CCCC=C4)c4ccc(C)cc4)c3)cc2C1(C)C. The molecule has 2 aliphatic rings. The molecule has 0 amide bonds. The number of aryl methyl sites for hydroxylation is 1. The van der Waals surface area contributed by atoms with Crippen molar-refractivity contribution in [3.8, 4) is 16.8 Å². The lowest BCUT2D eigenvalue weighted by Gasteiger charge is -2.32. The molecule has 0 fully saturated rings. The van der Waals surface area contributed by atoms with Crippen molar-refractivity contribution in [2.24, 2.45) is 0 Å². The minimum atomic E-state index is -0.215. The minimum Gasteiger partial charge on any atom is -0.311 e. The van der Waals surface area contributed by atoms with Gasteiger partial charge in [-0.1, -0.05) is 135 Å². The lowest BCUT2D eigenvalue weighted by molar-refractivity contribution is 0.654. The summed E-state index contributed by atoms with van der Waals surface area (Å²) in [6, 6.07) is 60.4. The first kappa shape index (κ1) is 38.8. The Morgan fingerprint density at radius 3 is 2.00 bits per heavy atom. The Balaban J connectivity index is 1.23. The predicted octanol–water partition coefficient (Wildman–Crippen LogP) is 16.4. The van der Waals surface area contributed by atoms with Gasteiger partial charge in [0.1, 0.15) is 0 Å². The molecule has 0 N–H and O–H groups in total. The summed E-state index contributed by atoms with van der Waals surface area (Å²) >= 11 is 0. The van der Waals surface area contributed by atoms with Crippen molar-refractivity contribution in [1.82, 2.24) is 4.57 Å². The summed E-state index contributed by atoms with van der Waals surface area (Å²) in [4.78, 5) is 4.86. The molecule has 0 bridgehead atoms. The molecule has 62 heavy (non-hydrogen) atoms. The Kier molecular flexibility index (Phi) is 9.96. The highest BCUT2D eigenvalue weighted by molar-refractivity contribution is 6.10. The Hall–Kier alpha value is -7.36. The summed E-state index contributed by atoms with van der Waals surface area (Å²) in [5, 5.41) is 2.46. The van der Waals surface area contributed by atoms with Gasteiger partial charge in [0.25, 0.3) is 0 Å². The maximum Gasteiger partial charge on any atom is 0.0541 e. The molecule has 3 nitrogen and oxygen atoms in total. The second kappa shape index (κ2) is 15.9. The van der Waals surface area contributed by atoms with E-state index in [9.17, 15) is 0 Å². The topological polar surface area (TPSA) is 11.4 Å². The summed E-state index contributed by atoms with van der Waals surface area (Å²) in [5.74, 6) is 0. The highest BCUT2D eigenvalue weighted by Crippen LogP contribution is 2.50. The summed E-state index contributed by atoms with van der Waals surface area (Å²) in [6.07, 6.45) is 15.4. The van der Waals surface area contributed by atoms with Gasteiger partial charge in [-0.25, -0.2) is 0 Å². The average molecular weight is 802 g/mol. The molecular weight excluding hydrogens is 751 g/mol.